The van der Waals surface area contributed by atoms with Gasteiger partial charge in [-0.1, -0.05) is 24.3 Å². The normalized spacial score (nSPS) is 14.5. The van der Waals surface area contributed by atoms with Gasteiger partial charge in [-0.3, -0.25) is 4.79 Å². The van der Waals surface area contributed by atoms with E-state index in [0.717, 1.165) is 36.3 Å². The first-order valence-electron chi connectivity index (χ1n) is 10.3. The van der Waals surface area contributed by atoms with Crippen molar-refractivity contribution in [2.45, 2.75) is 13.0 Å². The molecule has 0 aromatic heterocycles. The van der Waals surface area contributed by atoms with E-state index in [1.54, 1.807) is 12.1 Å². The lowest BCUT2D eigenvalue weighted by Gasteiger charge is -2.25. The fourth-order valence-electron chi connectivity index (χ4n) is 3.72. The van der Waals surface area contributed by atoms with Crippen LogP contribution in [0.25, 0.3) is 11.6 Å². The van der Waals surface area contributed by atoms with Crippen molar-refractivity contribution in [3.8, 4) is 11.5 Å². The fraction of sp³-hybridized carbons (Fsp3) is 0.320. The highest BCUT2D eigenvalue weighted by molar-refractivity contribution is 6.11. The van der Waals surface area contributed by atoms with Crippen molar-refractivity contribution in [2.24, 2.45) is 0 Å². The number of aliphatic hydroxyl groups is 1. The van der Waals surface area contributed by atoms with Crippen molar-refractivity contribution in [2.75, 3.05) is 46.2 Å². The molecule has 1 aliphatic rings. The average molecular weight is 423 g/mol. The summed E-state index contributed by atoms with van der Waals surface area (Å²) < 4.78 is 5.38. The second-order valence-corrected chi connectivity index (χ2v) is 7.92. The zero-order valence-corrected chi connectivity index (χ0v) is 18.6. The molecule has 0 aliphatic carbocycles. The number of hydrogen-bond donors (Lipinski definition) is 2. The van der Waals surface area contributed by atoms with Gasteiger partial charge in [-0.2, -0.15) is 0 Å². The van der Waals surface area contributed by atoms with Gasteiger partial charge < -0.3 is 24.7 Å². The number of benzene rings is 2. The van der Waals surface area contributed by atoms with Crippen molar-refractivity contribution in [3.63, 3.8) is 0 Å². The third-order valence-electron chi connectivity index (χ3n) is 5.55. The number of phenols is 1. The molecule has 0 atom stereocenters. The number of aromatic hydroxyl groups is 1. The molecule has 0 amide bonds. The maximum Gasteiger partial charge on any atom is 0.193 e. The van der Waals surface area contributed by atoms with Crippen molar-refractivity contribution < 1.29 is 19.7 Å². The number of aliphatic hydroxyl groups excluding tert-OH is 1. The summed E-state index contributed by atoms with van der Waals surface area (Å²) in [6.45, 7) is 1.33. The molecule has 0 saturated carbocycles. The molecule has 31 heavy (non-hydrogen) atoms. The Bertz CT molecular complexity index is 1010. The van der Waals surface area contributed by atoms with Gasteiger partial charge in [0, 0.05) is 38.4 Å². The SMILES string of the molecule is COc1cc(CO)c(C2=CCN(C)CC2)c(O)c1C(=O)/C=C/c1ccc(N(C)C)cc1. The number of carbonyl (C=O) groups is 1. The summed E-state index contributed by atoms with van der Waals surface area (Å²) in [5.41, 5.74) is 4.06. The molecule has 1 aliphatic heterocycles. The zero-order valence-electron chi connectivity index (χ0n) is 18.6. The van der Waals surface area contributed by atoms with E-state index in [4.69, 9.17) is 4.74 Å². The number of phenolic OH excluding ortho intramolecular Hbond substituents is 1. The van der Waals surface area contributed by atoms with Gasteiger partial charge in [0.25, 0.3) is 0 Å². The highest BCUT2D eigenvalue weighted by Crippen LogP contribution is 2.40. The number of carbonyl (C=O) groups excluding carboxylic acids is 1. The minimum Gasteiger partial charge on any atom is -0.506 e. The number of likely N-dealkylation sites (N-methyl/N-ethyl adjacent to an activating group) is 1. The second kappa shape index (κ2) is 9.81. The predicted octanol–water partition coefficient (Wildman–Crippen LogP) is 3.57. The largest absolute Gasteiger partial charge is 0.506 e. The molecular formula is C25H30N2O4. The van der Waals surface area contributed by atoms with Crippen LogP contribution < -0.4 is 9.64 Å². The summed E-state index contributed by atoms with van der Waals surface area (Å²) in [6.07, 6.45) is 5.91. The number of allylic oxidation sites excluding steroid dienone is 1. The molecule has 3 rings (SSSR count). The number of ketones is 1. The lowest BCUT2D eigenvalue weighted by atomic mass is 9.90. The second-order valence-electron chi connectivity index (χ2n) is 7.92. The molecule has 6 nitrogen and oxygen atoms in total. The van der Waals surface area contributed by atoms with Crippen LogP contribution in [0.15, 0.2) is 42.5 Å². The molecule has 2 aromatic rings. The van der Waals surface area contributed by atoms with E-state index in [9.17, 15) is 15.0 Å². The highest BCUT2D eigenvalue weighted by Gasteiger charge is 2.25. The molecule has 0 saturated heterocycles. The Morgan fingerprint density at radius 1 is 1.26 bits per heavy atom. The number of ether oxygens (including phenoxy) is 1. The first kappa shape index (κ1) is 22.6. The minimum absolute atomic E-state index is 0.107. The quantitative estimate of drug-likeness (QED) is 0.525. The van der Waals surface area contributed by atoms with Crippen molar-refractivity contribution in [3.05, 3.63) is 64.7 Å². The molecule has 1 heterocycles. The number of rotatable bonds is 7. The van der Waals surface area contributed by atoms with E-state index in [2.05, 4.69) is 4.90 Å². The summed E-state index contributed by atoms with van der Waals surface area (Å²) in [6, 6.07) is 9.45. The van der Waals surface area contributed by atoms with Gasteiger partial charge in [-0.25, -0.2) is 0 Å². The highest BCUT2D eigenvalue weighted by atomic mass is 16.5. The van der Waals surface area contributed by atoms with Gasteiger partial charge in [0.1, 0.15) is 17.1 Å². The van der Waals surface area contributed by atoms with Crippen LogP contribution in [0.5, 0.6) is 11.5 Å². The van der Waals surface area contributed by atoms with Crippen molar-refractivity contribution in [1.82, 2.24) is 4.90 Å². The van der Waals surface area contributed by atoms with Crippen LogP contribution >= 0.6 is 0 Å². The van der Waals surface area contributed by atoms with Crippen LogP contribution in [-0.2, 0) is 6.61 Å². The van der Waals surface area contributed by atoms with Gasteiger partial charge in [-0.15, -0.1) is 0 Å². The summed E-state index contributed by atoms with van der Waals surface area (Å²) >= 11 is 0. The van der Waals surface area contributed by atoms with Crippen molar-refractivity contribution >= 4 is 23.1 Å². The third kappa shape index (κ3) is 4.98. The van der Waals surface area contributed by atoms with Crippen LogP contribution in [-0.4, -0.2) is 62.2 Å². The fourth-order valence-corrected chi connectivity index (χ4v) is 3.72. The Morgan fingerprint density at radius 2 is 1.97 bits per heavy atom. The number of nitrogens with zero attached hydrogens (tertiary/aromatic N) is 2. The van der Waals surface area contributed by atoms with Crippen molar-refractivity contribution in [1.29, 1.82) is 0 Å². The lowest BCUT2D eigenvalue weighted by molar-refractivity contribution is 0.104. The monoisotopic (exact) mass is 422 g/mol. The Kier molecular flexibility index (Phi) is 7.15. The van der Waals surface area contributed by atoms with E-state index < -0.39 is 0 Å². The van der Waals surface area contributed by atoms with Gasteiger partial charge >= 0.3 is 0 Å². The third-order valence-corrected chi connectivity index (χ3v) is 5.55. The van der Waals surface area contributed by atoms with Crippen LogP contribution in [0.4, 0.5) is 5.69 Å². The Labute approximate surface area is 183 Å². The van der Waals surface area contributed by atoms with Gasteiger partial charge in [0.2, 0.25) is 0 Å². The first-order valence-corrected chi connectivity index (χ1v) is 10.3. The van der Waals surface area contributed by atoms with Crippen LogP contribution in [0.2, 0.25) is 0 Å². The molecule has 0 fully saturated rings. The number of methoxy groups -OCH3 is 1. The Balaban J connectivity index is 1.99. The van der Waals surface area contributed by atoms with Crippen LogP contribution in [0.1, 0.15) is 33.5 Å². The molecule has 6 heteroatoms. The maximum atomic E-state index is 13.1. The summed E-state index contributed by atoms with van der Waals surface area (Å²) in [4.78, 5) is 17.2. The van der Waals surface area contributed by atoms with E-state index in [0.29, 0.717) is 11.1 Å². The molecule has 0 radical (unpaired) electrons. The average Bonchev–Trinajstić information content (AvgIpc) is 2.77. The molecule has 2 aromatic carbocycles. The van der Waals surface area contributed by atoms with Gasteiger partial charge in [0.15, 0.2) is 5.78 Å². The Morgan fingerprint density at radius 3 is 2.52 bits per heavy atom. The standard InChI is InChI=1S/C25H30N2O4/c1-26(2)20-8-5-17(6-9-20)7-10-21(29)24-22(31-4)15-19(16-28)23(25(24)30)18-11-13-27(3)14-12-18/h5-11,15,28,30H,12-14,16H2,1-4H3/b10-7+. The number of hydrogen-bond acceptors (Lipinski definition) is 6. The summed E-state index contributed by atoms with van der Waals surface area (Å²) in [5.74, 6) is -0.251. The smallest absolute Gasteiger partial charge is 0.193 e. The minimum atomic E-state index is -0.356. The van der Waals surface area contributed by atoms with Crippen LogP contribution in [0, 0.1) is 0 Å². The van der Waals surface area contributed by atoms with Crippen LogP contribution in [0.3, 0.4) is 0 Å². The van der Waals surface area contributed by atoms with E-state index in [-0.39, 0.29) is 29.5 Å². The van der Waals surface area contributed by atoms with E-state index in [1.165, 1.54) is 13.2 Å². The molecule has 164 valence electrons. The molecule has 0 bridgehead atoms. The molecule has 0 spiro atoms. The van der Waals surface area contributed by atoms with Gasteiger partial charge in [-0.05, 0) is 54.4 Å². The topological polar surface area (TPSA) is 73.2 Å². The van der Waals surface area contributed by atoms with E-state index in [1.807, 2.05) is 56.4 Å². The molecular weight excluding hydrogens is 392 g/mol. The predicted molar refractivity (Wildman–Crippen MR) is 125 cm³/mol. The van der Waals surface area contributed by atoms with Gasteiger partial charge in [0.05, 0.1) is 13.7 Å². The molecule has 0 unspecified atom stereocenters. The number of anilines is 1. The first-order chi connectivity index (χ1) is 14.8. The van der Waals surface area contributed by atoms with E-state index >= 15 is 0 Å². The maximum absolute atomic E-state index is 13.1. The summed E-state index contributed by atoms with van der Waals surface area (Å²) in [7, 11) is 7.41. The Hall–Kier alpha value is -3.09. The zero-order chi connectivity index (χ0) is 22.5. The summed E-state index contributed by atoms with van der Waals surface area (Å²) in [5, 5.41) is 21.0. The lowest BCUT2D eigenvalue weighted by Crippen LogP contribution is -2.24. The molecule has 2 N–H and O–H groups in total.